The maximum atomic E-state index is 11.3. The van der Waals surface area contributed by atoms with E-state index in [9.17, 15) is 13.2 Å². The van der Waals surface area contributed by atoms with Crippen LogP contribution in [0.3, 0.4) is 0 Å². The van der Waals surface area contributed by atoms with Gasteiger partial charge in [-0.2, -0.15) is 0 Å². The van der Waals surface area contributed by atoms with Crippen molar-refractivity contribution in [2.45, 2.75) is 4.90 Å². The van der Waals surface area contributed by atoms with Crippen molar-refractivity contribution >= 4 is 42.9 Å². The van der Waals surface area contributed by atoms with Crippen LogP contribution in [0.5, 0.6) is 0 Å². The lowest BCUT2D eigenvalue weighted by atomic mass is 10.3. The molecule has 1 heterocycles. The van der Waals surface area contributed by atoms with E-state index in [-0.39, 0.29) is 4.90 Å². The normalized spacial score (nSPS) is 11.6. The fourth-order valence-electron chi connectivity index (χ4n) is 1.25. The van der Waals surface area contributed by atoms with E-state index in [1.54, 1.807) is 12.1 Å². The fourth-order valence-corrected chi connectivity index (χ4v) is 2.83. The number of thiazole rings is 1. The number of nitrogens with one attached hydrogen (secondary N) is 1. The summed E-state index contributed by atoms with van der Waals surface area (Å²) >= 11 is 1.23. The number of nitrogens with zero attached hydrogens (tertiary/aromatic N) is 1. The van der Waals surface area contributed by atoms with Crippen LogP contribution in [-0.4, -0.2) is 26.1 Å². The van der Waals surface area contributed by atoms with Gasteiger partial charge in [-0.05, 0) is 18.2 Å². The Bertz CT molecular complexity index is 646. The number of aromatic nitrogens is 1. The van der Waals surface area contributed by atoms with E-state index in [4.69, 9.17) is 0 Å². The SMILES string of the molecule is CS(=O)(=O)c1ccc2nc(NC=O)sc2c1. The lowest BCUT2D eigenvalue weighted by molar-refractivity contribution is -0.105. The molecular formula is C9H8N2O3S2. The molecule has 16 heavy (non-hydrogen) atoms. The molecule has 1 amide bonds. The zero-order valence-corrected chi connectivity index (χ0v) is 9.93. The summed E-state index contributed by atoms with van der Waals surface area (Å²) in [6.07, 6.45) is 1.69. The molecular weight excluding hydrogens is 248 g/mol. The maximum Gasteiger partial charge on any atom is 0.213 e. The second kappa shape index (κ2) is 3.84. The van der Waals surface area contributed by atoms with Gasteiger partial charge in [0, 0.05) is 6.26 Å². The largest absolute Gasteiger partial charge is 0.305 e. The molecule has 84 valence electrons. The monoisotopic (exact) mass is 256 g/mol. The first-order valence-corrected chi connectivity index (χ1v) is 7.02. The highest BCUT2D eigenvalue weighted by Crippen LogP contribution is 2.27. The van der Waals surface area contributed by atoms with Gasteiger partial charge in [-0.25, -0.2) is 13.4 Å². The number of amides is 1. The molecule has 0 saturated carbocycles. The lowest BCUT2D eigenvalue weighted by Gasteiger charge is -1.96. The fraction of sp³-hybridized carbons (Fsp3) is 0.111. The minimum atomic E-state index is -3.21. The quantitative estimate of drug-likeness (QED) is 0.839. The van der Waals surface area contributed by atoms with Crippen LogP contribution in [0.15, 0.2) is 23.1 Å². The molecule has 5 nitrogen and oxygen atoms in total. The van der Waals surface area contributed by atoms with E-state index in [2.05, 4.69) is 10.3 Å². The number of fused-ring (bicyclic) bond motifs is 1. The molecule has 0 radical (unpaired) electrons. The Morgan fingerprint density at radius 3 is 2.81 bits per heavy atom. The van der Waals surface area contributed by atoms with Crippen LogP contribution in [0.2, 0.25) is 0 Å². The van der Waals surface area contributed by atoms with Gasteiger partial charge in [0.1, 0.15) is 0 Å². The predicted octanol–water partition coefficient (Wildman–Crippen LogP) is 1.27. The van der Waals surface area contributed by atoms with Crippen molar-refractivity contribution in [2.24, 2.45) is 0 Å². The van der Waals surface area contributed by atoms with E-state index in [1.165, 1.54) is 17.4 Å². The standard InChI is InChI=1S/C9H8N2O3S2/c1-16(13,14)6-2-3-7-8(4-6)15-9(11-7)10-5-12/h2-5H,1H3,(H,10,11,12). The van der Waals surface area contributed by atoms with Crippen molar-refractivity contribution in [1.82, 2.24) is 4.98 Å². The molecule has 0 aliphatic carbocycles. The van der Waals surface area contributed by atoms with Crippen molar-refractivity contribution in [3.63, 3.8) is 0 Å². The zero-order chi connectivity index (χ0) is 11.8. The van der Waals surface area contributed by atoms with Crippen molar-refractivity contribution in [3.05, 3.63) is 18.2 Å². The summed E-state index contributed by atoms with van der Waals surface area (Å²) < 4.78 is 23.4. The van der Waals surface area contributed by atoms with E-state index in [0.717, 1.165) is 11.0 Å². The van der Waals surface area contributed by atoms with Crippen LogP contribution in [0.4, 0.5) is 5.13 Å². The van der Waals surface area contributed by atoms with Crippen LogP contribution in [0.1, 0.15) is 0 Å². The molecule has 1 aromatic carbocycles. The molecule has 1 N–H and O–H groups in total. The highest BCUT2D eigenvalue weighted by Gasteiger charge is 2.10. The molecule has 2 aromatic rings. The number of hydrogen-bond acceptors (Lipinski definition) is 5. The summed E-state index contributed by atoms with van der Waals surface area (Å²) in [4.78, 5) is 14.6. The van der Waals surface area contributed by atoms with Crippen molar-refractivity contribution in [1.29, 1.82) is 0 Å². The number of benzene rings is 1. The Hall–Kier alpha value is -1.47. The number of sulfone groups is 1. The van der Waals surface area contributed by atoms with Gasteiger partial charge in [-0.3, -0.25) is 4.79 Å². The maximum absolute atomic E-state index is 11.3. The van der Waals surface area contributed by atoms with Gasteiger partial charge in [-0.15, -0.1) is 0 Å². The first kappa shape index (κ1) is 11.0. The minimum absolute atomic E-state index is 0.251. The molecule has 7 heteroatoms. The number of carbonyl (C=O) groups excluding carboxylic acids is 1. The van der Waals surface area contributed by atoms with Crippen LogP contribution < -0.4 is 5.32 Å². The Kier molecular flexibility index (Phi) is 2.64. The van der Waals surface area contributed by atoms with Gasteiger partial charge in [-0.1, -0.05) is 11.3 Å². The van der Waals surface area contributed by atoms with E-state index < -0.39 is 9.84 Å². The summed E-state index contributed by atoms with van der Waals surface area (Å²) in [6, 6.07) is 4.68. The van der Waals surface area contributed by atoms with E-state index in [1.807, 2.05) is 0 Å². The van der Waals surface area contributed by atoms with Crippen LogP contribution in [0.25, 0.3) is 10.2 Å². The van der Waals surface area contributed by atoms with Crippen LogP contribution >= 0.6 is 11.3 Å². The first-order valence-electron chi connectivity index (χ1n) is 4.31. The molecule has 0 spiro atoms. The van der Waals surface area contributed by atoms with Gasteiger partial charge in [0.05, 0.1) is 15.1 Å². The Morgan fingerprint density at radius 1 is 1.44 bits per heavy atom. The second-order valence-corrected chi connectivity index (χ2v) is 6.23. The molecule has 0 aliphatic rings. The average molecular weight is 256 g/mol. The van der Waals surface area contributed by atoms with E-state index >= 15 is 0 Å². The molecule has 1 aromatic heterocycles. The summed E-state index contributed by atoms with van der Waals surface area (Å²) in [5.74, 6) is 0. The van der Waals surface area contributed by atoms with Crippen molar-refractivity contribution < 1.29 is 13.2 Å². The predicted molar refractivity (Wildman–Crippen MR) is 62.4 cm³/mol. The van der Waals surface area contributed by atoms with Gasteiger partial charge in [0.25, 0.3) is 0 Å². The third kappa shape index (κ3) is 2.05. The average Bonchev–Trinajstić information content (AvgIpc) is 2.57. The molecule has 0 saturated heterocycles. The van der Waals surface area contributed by atoms with Gasteiger partial charge >= 0.3 is 0 Å². The molecule has 0 fully saturated rings. The van der Waals surface area contributed by atoms with E-state index in [0.29, 0.717) is 17.1 Å². The zero-order valence-electron chi connectivity index (χ0n) is 8.30. The Morgan fingerprint density at radius 2 is 2.19 bits per heavy atom. The molecule has 0 aliphatic heterocycles. The second-order valence-electron chi connectivity index (χ2n) is 3.18. The topological polar surface area (TPSA) is 76.1 Å². The molecule has 2 rings (SSSR count). The number of hydrogen-bond donors (Lipinski definition) is 1. The highest BCUT2D eigenvalue weighted by molar-refractivity contribution is 7.90. The molecule has 0 bridgehead atoms. The number of rotatable bonds is 3. The smallest absolute Gasteiger partial charge is 0.213 e. The highest BCUT2D eigenvalue weighted by atomic mass is 32.2. The third-order valence-electron chi connectivity index (χ3n) is 1.97. The van der Waals surface area contributed by atoms with Gasteiger partial charge in [0.15, 0.2) is 15.0 Å². The van der Waals surface area contributed by atoms with Gasteiger partial charge < -0.3 is 5.32 Å². The number of anilines is 1. The third-order valence-corrected chi connectivity index (χ3v) is 4.03. The first-order chi connectivity index (χ1) is 7.50. The van der Waals surface area contributed by atoms with Gasteiger partial charge in [0.2, 0.25) is 6.41 Å². The summed E-state index contributed by atoms with van der Waals surface area (Å²) in [5, 5.41) is 2.89. The molecule has 0 unspecified atom stereocenters. The Balaban J connectivity index is 2.58. The lowest BCUT2D eigenvalue weighted by Crippen LogP contribution is -1.95. The van der Waals surface area contributed by atoms with Crippen molar-refractivity contribution in [3.8, 4) is 0 Å². The summed E-state index contributed by atoms with van der Waals surface area (Å²) in [6.45, 7) is 0. The van der Waals surface area contributed by atoms with Crippen molar-refractivity contribution in [2.75, 3.05) is 11.6 Å². The van der Waals surface area contributed by atoms with Crippen LogP contribution in [-0.2, 0) is 14.6 Å². The minimum Gasteiger partial charge on any atom is -0.305 e. The summed E-state index contributed by atoms with van der Waals surface area (Å²) in [7, 11) is -3.21. The number of carbonyl (C=O) groups is 1. The van der Waals surface area contributed by atoms with Crippen LogP contribution in [0, 0.1) is 0 Å². The Labute approximate surface area is 96.0 Å². The summed E-state index contributed by atoms with van der Waals surface area (Å²) in [5.41, 5.74) is 0.668. The molecule has 0 atom stereocenters.